The molecule has 0 radical (unpaired) electrons. The molecule has 0 aromatic carbocycles. The smallest absolute Gasteiger partial charge is 0.326 e. The normalized spacial score (nSPS) is 23.1. The topological polar surface area (TPSA) is 124 Å². The number of nitrogens with zero attached hydrogens (tertiary/aromatic N) is 2. The second kappa shape index (κ2) is 4.57. The second-order valence-electron chi connectivity index (χ2n) is 4.00. The monoisotopic (exact) mass is 253 g/mol. The number of nitrogens with one attached hydrogen (secondary N) is 1. The van der Waals surface area contributed by atoms with Gasteiger partial charge in [-0.25, -0.2) is 9.78 Å². The van der Waals surface area contributed by atoms with Gasteiger partial charge in [0.2, 0.25) is 0 Å². The van der Waals surface area contributed by atoms with E-state index in [-0.39, 0.29) is 18.7 Å². The minimum Gasteiger partial charge on any atom is -0.480 e. The van der Waals surface area contributed by atoms with Crippen LogP contribution in [0.5, 0.6) is 0 Å². The first kappa shape index (κ1) is 12.2. The third kappa shape index (κ3) is 2.23. The first-order valence-electron chi connectivity index (χ1n) is 5.25. The molecule has 0 saturated carbocycles. The zero-order valence-electron chi connectivity index (χ0n) is 9.24. The van der Waals surface area contributed by atoms with Gasteiger partial charge in [0.05, 0.1) is 12.3 Å². The third-order valence-electron chi connectivity index (χ3n) is 2.72. The lowest BCUT2D eigenvalue weighted by atomic mass is 10.2. The molecule has 8 heteroatoms. The largest absolute Gasteiger partial charge is 0.480 e. The van der Waals surface area contributed by atoms with Crippen LogP contribution in [0.1, 0.15) is 16.9 Å². The van der Waals surface area contributed by atoms with Crippen molar-refractivity contribution in [3.8, 4) is 0 Å². The van der Waals surface area contributed by atoms with Crippen molar-refractivity contribution >= 4 is 11.9 Å². The number of likely N-dealkylation sites (tertiary alicyclic amines) is 1. The zero-order chi connectivity index (χ0) is 13.3. The number of hydrogen-bond acceptors (Lipinski definition) is 5. The number of hydrogen-bond donors (Lipinski definition) is 3. The summed E-state index contributed by atoms with van der Waals surface area (Å²) in [6.45, 7) is -0.0589. The highest BCUT2D eigenvalue weighted by Gasteiger charge is 2.39. The van der Waals surface area contributed by atoms with E-state index in [1.54, 1.807) is 0 Å². The maximum absolute atomic E-state index is 12.0. The van der Waals surface area contributed by atoms with E-state index in [2.05, 4.69) is 9.97 Å². The van der Waals surface area contributed by atoms with Crippen LogP contribution in [0.25, 0.3) is 0 Å². The van der Waals surface area contributed by atoms with Crippen molar-refractivity contribution in [2.75, 3.05) is 6.54 Å². The number of rotatable bonds is 2. The Balaban J connectivity index is 2.25. The van der Waals surface area contributed by atoms with E-state index in [4.69, 9.17) is 5.11 Å². The second-order valence-corrected chi connectivity index (χ2v) is 4.00. The van der Waals surface area contributed by atoms with Gasteiger partial charge >= 0.3 is 5.97 Å². The van der Waals surface area contributed by atoms with Crippen LogP contribution in [0, 0.1) is 0 Å². The van der Waals surface area contributed by atoms with Crippen LogP contribution in [0.2, 0.25) is 0 Å². The molecule has 8 nitrogen and oxygen atoms in total. The SMILES string of the molecule is O=C(O)[C@@H]1CC(O)CN1C(=O)c1c[nH]c(=O)cn1. The Morgan fingerprint density at radius 2 is 2.22 bits per heavy atom. The molecule has 1 aromatic heterocycles. The van der Waals surface area contributed by atoms with Crippen LogP contribution in [0.3, 0.4) is 0 Å². The van der Waals surface area contributed by atoms with Crippen LogP contribution in [-0.4, -0.2) is 55.6 Å². The Morgan fingerprint density at radius 1 is 1.50 bits per heavy atom. The Kier molecular flexibility index (Phi) is 3.11. The molecule has 0 bridgehead atoms. The molecule has 96 valence electrons. The van der Waals surface area contributed by atoms with Crippen molar-refractivity contribution in [3.05, 3.63) is 28.4 Å². The van der Waals surface area contributed by atoms with Crippen molar-refractivity contribution in [1.82, 2.24) is 14.9 Å². The van der Waals surface area contributed by atoms with Crippen LogP contribution in [0.15, 0.2) is 17.2 Å². The fraction of sp³-hybridized carbons (Fsp3) is 0.400. The van der Waals surface area contributed by atoms with Crippen molar-refractivity contribution in [2.45, 2.75) is 18.6 Å². The number of H-pyrrole nitrogens is 1. The van der Waals surface area contributed by atoms with E-state index in [0.717, 1.165) is 17.3 Å². The van der Waals surface area contributed by atoms with Crippen molar-refractivity contribution in [2.24, 2.45) is 0 Å². The summed E-state index contributed by atoms with van der Waals surface area (Å²) in [5.41, 5.74) is -0.516. The van der Waals surface area contributed by atoms with E-state index < -0.39 is 29.6 Å². The standard InChI is InChI=1S/C10H11N3O5/c14-5-1-7(10(17)18)13(4-5)9(16)6-2-12-8(15)3-11-6/h2-3,5,7,14H,1,4H2,(H,12,15)(H,17,18)/t5?,7-/m0/s1. The first-order chi connectivity index (χ1) is 8.49. The molecule has 1 fully saturated rings. The highest BCUT2D eigenvalue weighted by atomic mass is 16.4. The minimum atomic E-state index is -1.18. The van der Waals surface area contributed by atoms with Crippen LogP contribution in [-0.2, 0) is 4.79 Å². The van der Waals surface area contributed by atoms with Gasteiger partial charge in [0, 0.05) is 19.2 Å². The number of aromatic nitrogens is 2. The fourth-order valence-corrected chi connectivity index (χ4v) is 1.88. The molecule has 0 spiro atoms. The van der Waals surface area contributed by atoms with Crippen molar-refractivity contribution in [3.63, 3.8) is 0 Å². The van der Waals surface area contributed by atoms with Gasteiger partial charge in [-0.3, -0.25) is 9.59 Å². The molecule has 1 amide bonds. The maximum Gasteiger partial charge on any atom is 0.326 e. The lowest BCUT2D eigenvalue weighted by molar-refractivity contribution is -0.141. The molecule has 3 N–H and O–H groups in total. The minimum absolute atomic E-state index is 0.00950. The van der Waals surface area contributed by atoms with Gasteiger partial charge in [-0.1, -0.05) is 0 Å². The number of carboxylic acid groups (broad SMARTS) is 1. The Bertz CT molecular complexity index is 520. The molecular weight excluding hydrogens is 242 g/mol. The molecule has 2 atom stereocenters. The highest BCUT2D eigenvalue weighted by molar-refractivity contribution is 5.95. The van der Waals surface area contributed by atoms with Gasteiger partial charge in [-0.2, -0.15) is 0 Å². The van der Waals surface area contributed by atoms with Gasteiger partial charge in [-0.15, -0.1) is 0 Å². The predicted octanol–water partition coefficient (Wildman–Crippen LogP) is -1.57. The van der Waals surface area contributed by atoms with Crippen molar-refractivity contribution in [1.29, 1.82) is 0 Å². The van der Waals surface area contributed by atoms with Gasteiger partial charge in [0.25, 0.3) is 11.5 Å². The summed E-state index contributed by atoms with van der Waals surface area (Å²) in [4.78, 5) is 40.7. The number of aliphatic carboxylic acids is 1. The molecule has 1 saturated heterocycles. The molecule has 2 rings (SSSR count). The van der Waals surface area contributed by atoms with E-state index in [0.29, 0.717) is 0 Å². The van der Waals surface area contributed by atoms with E-state index in [1.165, 1.54) is 0 Å². The molecule has 1 aromatic rings. The number of aliphatic hydroxyl groups is 1. The van der Waals surface area contributed by atoms with Gasteiger partial charge in [0.1, 0.15) is 11.7 Å². The number of amides is 1. The van der Waals surface area contributed by atoms with Crippen LogP contribution < -0.4 is 5.56 Å². The maximum atomic E-state index is 12.0. The lowest BCUT2D eigenvalue weighted by Crippen LogP contribution is -2.41. The van der Waals surface area contributed by atoms with E-state index in [9.17, 15) is 19.5 Å². The average Bonchev–Trinajstić information content (AvgIpc) is 2.71. The highest BCUT2D eigenvalue weighted by Crippen LogP contribution is 2.19. The number of aliphatic hydroxyl groups excluding tert-OH is 1. The van der Waals surface area contributed by atoms with Gasteiger partial charge in [-0.05, 0) is 0 Å². The molecule has 1 unspecified atom stereocenters. The number of β-amino-alcohol motifs (C(OH)–C–C–N with tert-alkyl or cyclic N) is 1. The third-order valence-corrected chi connectivity index (χ3v) is 2.72. The number of carboxylic acids is 1. The number of carbonyl (C=O) groups is 2. The molecule has 0 aliphatic carbocycles. The Morgan fingerprint density at radius 3 is 2.78 bits per heavy atom. The molecule has 1 aliphatic rings. The van der Waals surface area contributed by atoms with Crippen molar-refractivity contribution < 1.29 is 19.8 Å². The van der Waals surface area contributed by atoms with E-state index >= 15 is 0 Å². The average molecular weight is 253 g/mol. The van der Waals surface area contributed by atoms with E-state index in [1.807, 2.05) is 0 Å². The quantitative estimate of drug-likeness (QED) is 0.585. The lowest BCUT2D eigenvalue weighted by Gasteiger charge is -2.20. The van der Waals surface area contributed by atoms with Gasteiger partial charge < -0.3 is 20.1 Å². The fourth-order valence-electron chi connectivity index (χ4n) is 1.88. The summed E-state index contributed by atoms with van der Waals surface area (Å²) >= 11 is 0. The van der Waals surface area contributed by atoms with Crippen LogP contribution in [0.4, 0.5) is 0 Å². The predicted molar refractivity (Wildman–Crippen MR) is 57.9 cm³/mol. The Hall–Kier alpha value is -2.22. The summed E-state index contributed by atoms with van der Waals surface area (Å²) in [5.74, 6) is -1.81. The molecular formula is C10H11N3O5. The molecule has 18 heavy (non-hydrogen) atoms. The summed E-state index contributed by atoms with van der Waals surface area (Å²) < 4.78 is 0. The Labute approximate surface area is 101 Å². The summed E-state index contributed by atoms with van der Waals surface area (Å²) in [6, 6.07) is -1.07. The number of carbonyl (C=O) groups excluding carboxylic acids is 1. The summed E-state index contributed by atoms with van der Waals surface area (Å²) in [7, 11) is 0. The molecule has 1 aliphatic heterocycles. The summed E-state index contributed by atoms with van der Waals surface area (Å²) in [5, 5.41) is 18.4. The molecule has 2 heterocycles. The van der Waals surface area contributed by atoms with Crippen LogP contribution >= 0.6 is 0 Å². The zero-order valence-corrected chi connectivity index (χ0v) is 9.24. The number of aromatic amines is 1. The van der Waals surface area contributed by atoms with Gasteiger partial charge in [0.15, 0.2) is 0 Å². The first-order valence-corrected chi connectivity index (χ1v) is 5.25. The summed E-state index contributed by atoms with van der Waals surface area (Å²) in [6.07, 6.45) is 1.19.